The van der Waals surface area contributed by atoms with Gasteiger partial charge in [0.2, 0.25) is 0 Å². The Morgan fingerprint density at radius 2 is 1.96 bits per heavy atom. The summed E-state index contributed by atoms with van der Waals surface area (Å²) < 4.78 is 20.3. The third-order valence-corrected chi connectivity index (χ3v) is 4.33. The summed E-state index contributed by atoms with van der Waals surface area (Å²) in [5.74, 6) is -0.384. The number of nitrogens with two attached hydrogens (primary N) is 1. The van der Waals surface area contributed by atoms with E-state index < -0.39 is 0 Å². The molecule has 0 unspecified atom stereocenters. The number of hydrogen-bond acceptors (Lipinski definition) is 4. The largest absolute Gasteiger partial charge is 0.378 e. The van der Waals surface area contributed by atoms with Gasteiger partial charge in [-0.1, -0.05) is 0 Å². The maximum atomic E-state index is 13.0. The monoisotopic (exact) mass is 346 g/mol. The Morgan fingerprint density at radius 3 is 2.64 bits per heavy atom. The number of aromatic nitrogens is 2. The predicted molar refractivity (Wildman–Crippen MR) is 92.1 cm³/mol. The van der Waals surface area contributed by atoms with E-state index in [-0.39, 0.29) is 17.8 Å². The molecule has 3 rings (SSSR count). The van der Waals surface area contributed by atoms with Crippen LogP contribution >= 0.6 is 0 Å². The van der Waals surface area contributed by atoms with Crippen molar-refractivity contribution in [1.82, 2.24) is 14.7 Å². The van der Waals surface area contributed by atoms with Crippen molar-refractivity contribution in [2.45, 2.75) is 25.4 Å². The number of piperidine rings is 1. The molecule has 1 aromatic heterocycles. The second-order valence-corrected chi connectivity index (χ2v) is 6.13. The molecule has 1 aromatic carbocycles. The lowest BCUT2D eigenvalue weighted by atomic mass is 10.1. The van der Waals surface area contributed by atoms with Crippen LogP contribution in [0.15, 0.2) is 36.5 Å². The maximum Gasteiger partial charge on any atom is 0.274 e. The lowest BCUT2D eigenvalue weighted by molar-refractivity contribution is 0.00828. The quantitative estimate of drug-likeness (QED) is 0.812. The van der Waals surface area contributed by atoms with Crippen molar-refractivity contribution >= 4 is 5.91 Å². The zero-order valence-corrected chi connectivity index (χ0v) is 14.1. The fourth-order valence-corrected chi connectivity index (χ4v) is 2.90. The van der Waals surface area contributed by atoms with Crippen LogP contribution in [0.3, 0.4) is 0 Å². The summed E-state index contributed by atoms with van der Waals surface area (Å²) in [7, 11) is 0. The smallest absolute Gasteiger partial charge is 0.274 e. The van der Waals surface area contributed by atoms with E-state index >= 15 is 0 Å². The highest BCUT2D eigenvalue weighted by Gasteiger charge is 2.25. The van der Waals surface area contributed by atoms with Gasteiger partial charge in [0.1, 0.15) is 5.82 Å². The van der Waals surface area contributed by atoms with Crippen molar-refractivity contribution < 1.29 is 13.9 Å². The highest BCUT2D eigenvalue weighted by Crippen LogP contribution is 2.17. The molecular weight excluding hydrogens is 323 g/mol. The van der Waals surface area contributed by atoms with E-state index in [4.69, 9.17) is 10.5 Å². The lowest BCUT2D eigenvalue weighted by Crippen LogP contribution is -2.41. The van der Waals surface area contributed by atoms with Crippen molar-refractivity contribution in [3.05, 3.63) is 48.0 Å². The number of hydrogen-bond donors (Lipinski definition) is 1. The van der Waals surface area contributed by atoms with E-state index in [0.717, 1.165) is 19.3 Å². The zero-order chi connectivity index (χ0) is 17.6. The molecule has 6 nitrogen and oxygen atoms in total. The Bertz CT molecular complexity index is 693. The average Bonchev–Trinajstić information content (AvgIpc) is 3.13. The first-order chi connectivity index (χ1) is 12.2. The number of nitrogens with zero attached hydrogens (tertiary/aromatic N) is 3. The minimum Gasteiger partial charge on any atom is -0.378 e. The predicted octanol–water partition coefficient (Wildman–Crippen LogP) is 1.98. The van der Waals surface area contributed by atoms with Crippen LogP contribution in [0.5, 0.6) is 0 Å². The maximum absolute atomic E-state index is 13.0. The molecule has 0 aliphatic carbocycles. The van der Waals surface area contributed by atoms with Crippen molar-refractivity contribution in [3.8, 4) is 5.69 Å². The fraction of sp³-hybridized carbons (Fsp3) is 0.444. The second-order valence-electron chi connectivity index (χ2n) is 6.13. The van der Waals surface area contributed by atoms with Crippen molar-refractivity contribution in [3.63, 3.8) is 0 Å². The molecule has 0 atom stereocenters. The van der Waals surface area contributed by atoms with Crippen LogP contribution in [0.25, 0.3) is 5.69 Å². The van der Waals surface area contributed by atoms with E-state index in [0.29, 0.717) is 37.6 Å². The summed E-state index contributed by atoms with van der Waals surface area (Å²) in [5.41, 5.74) is 6.57. The third-order valence-electron chi connectivity index (χ3n) is 4.33. The van der Waals surface area contributed by atoms with Gasteiger partial charge in [0.25, 0.3) is 5.91 Å². The standard InChI is InChI=1S/C18H23FN4O2/c19-14-2-4-15(5-3-14)23-12-8-17(21-23)18(24)22-10-6-16(7-11-22)25-13-1-9-20/h2-5,8,12,16H,1,6-7,9-11,13,20H2. The second kappa shape index (κ2) is 8.22. The van der Waals surface area contributed by atoms with E-state index in [2.05, 4.69) is 5.10 Å². The summed E-state index contributed by atoms with van der Waals surface area (Å²) >= 11 is 0. The van der Waals surface area contributed by atoms with Gasteiger partial charge in [-0.2, -0.15) is 5.10 Å². The Hall–Kier alpha value is -2.25. The van der Waals surface area contributed by atoms with Crippen LogP contribution in [0.4, 0.5) is 4.39 Å². The van der Waals surface area contributed by atoms with Crippen LogP contribution in [0.2, 0.25) is 0 Å². The minimum atomic E-state index is -0.302. The summed E-state index contributed by atoms with van der Waals surface area (Å²) in [6.07, 6.45) is 4.43. The summed E-state index contributed by atoms with van der Waals surface area (Å²) in [5, 5.41) is 4.32. The first kappa shape index (κ1) is 17.6. The molecule has 25 heavy (non-hydrogen) atoms. The Morgan fingerprint density at radius 1 is 1.24 bits per heavy atom. The molecule has 2 N–H and O–H groups in total. The fourth-order valence-electron chi connectivity index (χ4n) is 2.90. The Balaban J connectivity index is 1.56. The summed E-state index contributed by atoms with van der Waals surface area (Å²) in [6, 6.07) is 7.68. The van der Waals surface area contributed by atoms with E-state index in [1.165, 1.54) is 12.1 Å². The molecule has 1 fully saturated rings. The van der Waals surface area contributed by atoms with E-state index in [1.807, 2.05) is 0 Å². The van der Waals surface area contributed by atoms with Gasteiger partial charge in [0.05, 0.1) is 11.8 Å². The van der Waals surface area contributed by atoms with Gasteiger partial charge >= 0.3 is 0 Å². The van der Waals surface area contributed by atoms with Crippen LogP contribution < -0.4 is 5.73 Å². The SMILES string of the molecule is NCCCOC1CCN(C(=O)c2ccn(-c3ccc(F)cc3)n2)CC1. The van der Waals surface area contributed by atoms with E-state index in [1.54, 1.807) is 34.0 Å². The van der Waals surface area contributed by atoms with Gasteiger partial charge in [0.15, 0.2) is 5.69 Å². The third kappa shape index (κ3) is 4.43. The molecule has 1 amide bonds. The number of carbonyl (C=O) groups excluding carboxylic acids is 1. The molecule has 2 aromatic rings. The molecule has 0 bridgehead atoms. The number of benzene rings is 1. The average molecular weight is 346 g/mol. The number of likely N-dealkylation sites (tertiary alicyclic amines) is 1. The van der Waals surface area contributed by atoms with Gasteiger partial charge in [0, 0.05) is 25.9 Å². The molecular formula is C18H23FN4O2. The van der Waals surface area contributed by atoms with Crippen molar-refractivity contribution in [1.29, 1.82) is 0 Å². The highest BCUT2D eigenvalue weighted by atomic mass is 19.1. The molecule has 0 spiro atoms. The van der Waals surface area contributed by atoms with Crippen molar-refractivity contribution in [2.75, 3.05) is 26.2 Å². The zero-order valence-electron chi connectivity index (χ0n) is 14.1. The van der Waals surface area contributed by atoms with Gasteiger partial charge in [-0.05, 0) is 56.1 Å². The molecule has 2 heterocycles. The number of amides is 1. The van der Waals surface area contributed by atoms with Crippen molar-refractivity contribution in [2.24, 2.45) is 5.73 Å². The molecule has 7 heteroatoms. The lowest BCUT2D eigenvalue weighted by Gasteiger charge is -2.31. The normalized spacial score (nSPS) is 15.5. The summed E-state index contributed by atoms with van der Waals surface area (Å²) in [6.45, 7) is 2.64. The molecule has 1 aliphatic heterocycles. The molecule has 1 aliphatic rings. The van der Waals surface area contributed by atoms with Gasteiger partial charge in [-0.3, -0.25) is 4.79 Å². The minimum absolute atomic E-state index is 0.0822. The van der Waals surface area contributed by atoms with Crippen LogP contribution in [-0.4, -0.2) is 52.9 Å². The highest BCUT2D eigenvalue weighted by molar-refractivity contribution is 5.92. The van der Waals surface area contributed by atoms with Crippen LogP contribution in [-0.2, 0) is 4.74 Å². The first-order valence-corrected chi connectivity index (χ1v) is 8.60. The molecule has 134 valence electrons. The van der Waals surface area contributed by atoms with Gasteiger partial charge < -0.3 is 15.4 Å². The number of halogens is 1. The number of carbonyl (C=O) groups is 1. The Labute approximate surface area is 146 Å². The molecule has 1 saturated heterocycles. The first-order valence-electron chi connectivity index (χ1n) is 8.60. The summed E-state index contributed by atoms with van der Waals surface area (Å²) in [4.78, 5) is 14.4. The van der Waals surface area contributed by atoms with Crippen LogP contribution in [0.1, 0.15) is 29.8 Å². The number of ether oxygens (including phenoxy) is 1. The Kier molecular flexibility index (Phi) is 5.78. The van der Waals surface area contributed by atoms with Crippen LogP contribution in [0, 0.1) is 5.82 Å². The number of rotatable bonds is 6. The topological polar surface area (TPSA) is 73.4 Å². The molecule has 0 saturated carbocycles. The van der Waals surface area contributed by atoms with Gasteiger partial charge in [-0.15, -0.1) is 0 Å². The molecule has 0 radical (unpaired) electrons. The van der Waals surface area contributed by atoms with Gasteiger partial charge in [-0.25, -0.2) is 9.07 Å². The van der Waals surface area contributed by atoms with E-state index in [9.17, 15) is 9.18 Å².